The van der Waals surface area contributed by atoms with Gasteiger partial charge >= 0.3 is 0 Å². The van der Waals surface area contributed by atoms with Crippen LogP contribution in [0, 0.1) is 5.92 Å². The topological polar surface area (TPSA) is 149 Å². The molecule has 2 aromatic rings. The fraction of sp³-hybridized carbons (Fsp3) is 0.448. The number of carbonyl (C=O) groups excluding carboxylic acids is 5. The summed E-state index contributed by atoms with van der Waals surface area (Å²) in [4.78, 5) is 69.8. The molecule has 6 rings (SSSR count). The van der Waals surface area contributed by atoms with Crippen molar-refractivity contribution in [3.8, 4) is 0 Å². The van der Waals surface area contributed by atoms with Gasteiger partial charge in [0.25, 0.3) is 11.8 Å². The number of amides is 5. The molecule has 12 heteroatoms. The first-order chi connectivity index (χ1) is 22.8. The number of carbonyl (C=O) groups is 5. The standard InChI is InChI=1S/C29H33N7O5/c30-26(38)19-1-5-24(31-16-19)35-9-7-18(8-10-35)17-33-11-13-34(14-12-33)20-2-3-21-22(15-20)29(41)36(28(21)40)23-4-6-25(37)32-27(23)39/h1-3,5,15-16,18,23H,4,6-14,17H2,(H2,30,38)(H,32,37,39)/i11D2,12D2,13D2,14D2. The molecule has 5 heterocycles. The van der Waals surface area contributed by atoms with Gasteiger partial charge in [-0.1, -0.05) is 0 Å². The molecule has 1 atom stereocenters. The number of benzene rings is 1. The third-order valence-corrected chi connectivity index (χ3v) is 7.69. The number of hydrogen-bond donors (Lipinski definition) is 2. The van der Waals surface area contributed by atoms with Crippen LogP contribution in [0.4, 0.5) is 11.5 Å². The Bertz CT molecular complexity index is 1720. The molecule has 3 N–H and O–H groups in total. The van der Waals surface area contributed by atoms with Crippen LogP contribution in [0.3, 0.4) is 0 Å². The highest BCUT2D eigenvalue weighted by Crippen LogP contribution is 2.31. The number of rotatable bonds is 6. The summed E-state index contributed by atoms with van der Waals surface area (Å²) in [7, 11) is 0. The van der Waals surface area contributed by atoms with Crippen LogP contribution in [-0.4, -0.2) is 96.0 Å². The number of fused-ring (bicyclic) bond motifs is 1. The average Bonchev–Trinajstić information content (AvgIpc) is 3.27. The molecule has 1 unspecified atom stereocenters. The molecule has 0 spiro atoms. The number of nitrogens with two attached hydrogens (primary N) is 1. The van der Waals surface area contributed by atoms with Crippen LogP contribution in [-0.2, 0) is 9.59 Å². The van der Waals surface area contributed by atoms with Crippen molar-refractivity contribution in [2.75, 3.05) is 55.4 Å². The van der Waals surface area contributed by atoms with Crippen molar-refractivity contribution in [3.63, 3.8) is 0 Å². The number of imide groups is 2. The van der Waals surface area contributed by atoms with Gasteiger partial charge in [-0.15, -0.1) is 0 Å². The van der Waals surface area contributed by atoms with Crippen molar-refractivity contribution in [1.82, 2.24) is 20.1 Å². The number of aromatic nitrogens is 1. The summed E-state index contributed by atoms with van der Waals surface area (Å²) in [5.74, 6) is -3.53. The van der Waals surface area contributed by atoms with Gasteiger partial charge in [0.1, 0.15) is 11.9 Å². The maximum absolute atomic E-state index is 13.4. The molecule has 1 aromatic carbocycles. The largest absolute Gasteiger partial charge is 0.369 e. The molecule has 3 fully saturated rings. The van der Waals surface area contributed by atoms with Gasteiger partial charge in [-0.25, -0.2) is 4.98 Å². The van der Waals surface area contributed by atoms with Gasteiger partial charge in [0.2, 0.25) is 17.7 Å². The van der Waals surface area contributed by atoms with E-state index in [0.29, 0.717) is 46.4 Å². The zero-order valence-corrected chi connectivity index (χ0v) is 21.9. The second-order valence-corrected chi connectivity index (χ2v) is 10.3. The summed E-state index contributed by atoms with van der Waals surface area (Å²) < 4.78 is 71.1. The molecule has 0 aliphatic carbocycles. The minimum atomic E-state index is -3.21. The lowest BCUT2D eigenvalue weighted by molar-refractivity contribution is -0.136. The first kappa shape index (κ1) is 18.9. The van der Waals surface area contributed by atoms with Gasteiger partial charge < -0.3 is 15.5 Å². The Hall–Kier alpha value is -4.32. The summed E-state index contributed by atoms with van der Waals surface area (Å²) in [6.07, 6.45) is 2.02. The van der Waals surface area contributed by atoms with Gasteiger partial charge in [-0.2, -0.15) is 0 Å². The smallest absolute Gasteiger partial charge is 0.262 e. The maximum Gasteiger partial charge on any atom is 0.262 e. The number of piperazine rings is 1. The van der Waals surface area contributed by atoms with E-state index in [-0.39, 0.29) is 42.0 Å². The molecular formula is C29H33N7O5. The molecule has 4 aliphatic heterocycles. The van der Waals surface area contributed by atoms with Crippen LogP contribution >= 0.6 is 0 Å². The minimum Gasteiger partial charge on any atom is -0.369 e. The Morgan fingerprint density at radius 3 is 2.34 bits per heavy atom. The SMILES string of the molecule is [2H]C1([2H])N(CC2CCN(c3ccc(C(N)=O)cn3)CC2)C([2H])([2H])C([2H])([2H])N(c2ccc3c(c2)C(=O)N(C2CCC(=O)NC2=O)C3=O)C1([2H])[2H]. The van der Waals surface area contributed by atoms with Crippen LogP contribution in [0.5, 0.6) is 0 Å². The van der Waals surface area contributed by atoms with E-state index in [4.69, 9.17) is 16.7 Å². The zero-order chi connectivity index (χ0) is 35.8. The van der Waals surface area contributed by atoms with Crippen LogP contribution in [0.2, 0.25) is 0 Å². The highest BCUT2D eigenvalue weighted by atomic mass is 16.2. The van der Waals surface area contributed by atoms with Gasteiger partial charge in [-0.3, -0.25) is 39.1 Å². The number of hydrogen-bond acceptors (Lipinski definition) is 9. The van der Waals surface area contributed by atoms with E-state index in [0.717, 1.165) is 18.2 Å². The summed E-state index contributed by atoms with van der Waals surface area (Å²) in [5, 5.41) is 2.09. The molecule has 3 saturated heterocycles. The van der Waals surface area contributed by atoms with Crippen molar-refractivity contribution in [2.24, 2.45) is 11.7 Å². The molecule has 0 radical (unpaired) electrons. The Balaban J connectivity index is 1.24. The molecule has 5 amide bonds. The van der Waals surface area contributed by atoms with Crippen LogP contribution in [0.1, 0.15) is 67.7 Å². The fourth-order valence-corrected chi connectivity index (χ4v) is 5.42. The quantitative estimate of drug-likeness (QED) is 0.479. The van der Waals surface area contributed by atoms with Gasteiger partial charge in [-0.05, 0) is 55.5 Å². The molecule has 12 nitrogen and oxygen atoms in total. The van der Waals surface area contributed by atoms with Gasteiger partial charge in [0.05, 0.1) is 22.2 Å². The van der Waals surface area contributed by atoms with Crippen LogP contribution in [0.25, 0.3) is 0 Å². The number of anilines is 2. The lowest BCUT2D eigenvalue weighted by atomic mass is 9.96. The van der Waals surface area contributed by atoms with Crippen molar-refractivity contribution in [1.29, 1.82) is 0 Å². The van der Waals surface area contributed by atoms with Crippen molar-refractivity contribution >= 4 is 41.0 Å². The van der Waals surface area contributed by atoms with Crippen LogP contribution < -0.4 is 20.9 Å². The maximum atomic E-state index is 13.4. The first-order valence-corrected chi connectivity index (χ1v) is 13.2. The predicted octanol–water partition coefficient (Wildman–Crippen LogP) is 0.620. The summed E-state index contributed by atoms with van der Waals surface area (Å²) in [5.41, 5.74) is 4.68. The number of nitrogens with zero attached hydrogens (tertiary/aromatic N) is 5. The average molecular weight is 568 g/mol. The highest BCUT2D eigenvalue weighted by molar-refractivity contribution is 6.23. The van der Waals surface area contributed by atoms with E-state index in [9.17, 15) is 24.0 Å². The molecule has 1 aromatic heterocycles. The van der Waals surface area contributed by atoms with E-state index in [1.807, 2.05) is 4.90 Å². The van der Waals surface area contributed by atoms with Crippen LogP contribution in [0.15, 0.2) is 36.5 Å². The summed E-state index contributed by atoms with van der Waals surface area (Å²) >= 11 is 0. The van der Waals surface area contributed by atoms with E-state index >= 15 is 0 Å². The number of piperidine rings is 2. The van der Waals surface area contributed by atoms with Gasteiger partial charge in [0, 0.05) is 69.4 Å². The summed E-state index contributed by atoms with van der Waals surface area (Å²) in [6.45, 7) is -12.1. The first-order valence-electron chi connectivity index (χ1n) is 17.2. The predicted molar refractivity (Wildman–Crippen MR) is 149 cm³/mol. The number of primary amides is 1. The lowest BCUT2D eigenvalue weighted by Gasteiger charge is -2.40. The van der Waals surface area contributed by atoms with Crippen molar-refractivity contribution in [2.45, 2.75) is 31.7 Å². The number of pyridine rings is 1. The highest BCUT2D eigenvalue weighted by Gasteiger charge is 2.44. The van der Waals surface area contributed by atoms with E-state index in [2.05, 4.69) is 10.3 Å². The third-order valence-electron chi connectivity index (χ3n) is 7.69. The number of nitrogens with one attached hydrogen (secondary N) is 1. The Morgan fingerprint density at radius 1 is 0.951 bits per heavy atom. The lowest BCUT2D eigenvalue weighted by Crippen LogP contribution is -2.54. The van der Waals surface area contributed by atoms with E-state index in [1.165, 1.54) is 6.20 Å². The van der Waals surface area contributed by atoms with E-state index < -0.39 is 67.3 Å². The normalized spacial score (nSPS) is 30.0. The van der Waals surface area contributed by atoms with E-state index in [1.54, 1.807) is 12.1 Å². The molecule has 214 valence electrons. The second kappa shape index (κ2) is 10.9. The molecule has 0 bridgehead atoms. The molecular weight excluding hydrogens is 526 g/mol. The minimum absolute atomic E-state index is 0.101. The Labute approximate surface area is 248 Å². The second-order valence-electron chi connectivity index (χ2n) is 10.3. The molecule has 4 aliphatic rings. The van der Waals surface area contributed by atoms with Crippen molar-refractivity contribution < 1.29 is 34.9 Å². The third kappa shape index (κ3) is 5.26. The monoisotopic (exact) mass is 567 g/mol. The van der Waals surface area contributed by atoms with Gasteiger partial charge in [0.15, 0.2) is 0 Å². The summed E-state index contributed by atoms with van der Waals surface area (Å²) in [6, 6.07) is 5.16. The molecule has 41 heavy (non-hydrogen) atoms. The van der Waals surface area contributed by atoms with Crippen molar-refractivity contribution in [3.05, 3.63) is 53.2 Å². The fourth-order valence-electron chi connectivity index (χ4n) is 5.42. The zero-order valence-electron chi connectivity index (χ0n) is 29.9. The molecule has 0 saturated carbocycles. The Morgan fingerprint density at radius 2 is 1.68 bits per heavy atom. The Kier molecular flexibility index (Phi) is 5.04.